The molecular formula is C18H19FN2. The van der Waals surface area contributed by atoms with Crippen LogP contribution in [0.4, 0.5) is 4.39 Å². The summed E-state index contributed by atoms with van der Waals surface area (Å²) in [5.74, 6) is -0.312. The van der Waals surface area contributed by atoms with Gasteiger partial charge in [-0.1, -0.05) is 44.2 Å². The zero-order valence-corrected chi connectivity index (χ0v) is 12.4. The maximum absolute atomic E-state index is 13.3. The van der Waals surface area contributed by atoms with Gasteiger partial charge in [-0.15, -0.1) is 0 Å². The molecule has 0 atom stereocenters. The third-order valence-electron chi connectivity index (χ3n) is 3.63. The molecule has 2 aromatic rings. The summed E-state index contributed by atoms with van der Waals surface area (Å²) < 4.78 is 13.3. The molecule has 0 heterocycles. The van der Waals surface area contributed by atoms with Crippen molar-refractivity contribution in [3.05, 3.63) is 71.0 Å². The highest BCUT2D eigenvalue weighted by atomic mass is 19.1. The van der Waals surface area contributed by atoms with E-state index in [0.717, 1.165) is 6.54 Å². The van der Waals surface area contributed by atoms with Crippen LogP contribution in [-0.2, 0) is 12.0 Å². The van der Waals surface area contributed by atoms with Gasteiger partial charge in [0.25, 0.3) is 0 Å². The second kappa shape index (κ2) is 6.51. The first-order chi connectivity index (χ1) is 10.0. The lowest BCUT2D eigenvalue weighted by Gasteiger charge is -2.26. The third kappa shape index (κ3) is 3.90. The maximum atomic E-state index is 13.3. The van der Waals surface area contributed by atoms with Gasteiger partial charge >= 0.3 is 0 Å². The van der Waals surface area contributed by atoms with E-state index in [1.54, 1.807) is 0 Å². The molecule has 2 rings (SSSR count). The molecule has 0 aliphatic rings. The van der Waals surface area contributed by atoms with Gasteiger partial charge in [-0.05, 0) is 29.3 Å². The van der Waals surface area contributed by atoms with Crippen LogP contribution in [0.15, 0.2) is 48.5 Å². The fraction of sp³-hybridized carbons (Fsp3) is 0.278. The smallest absolute Gasteiger partial charge is 0.123 e. The molecule has 0 aliphatic carbocycles. The van der Waals surface area contributed by atoms with Crippen molar-refractivity contribution in [1.29, 1.82) is 5.26 Å². The van der Waals surface area contributed by atoms with Gasteiger partial charge in [0.15, 0.2) is 0 Å². The SMILES string of the molecule is CC(C)(CNCc1cc(F)ccc1C#N)c1ccccc1. The van der Waals surface area contributed by atoms with Gasteiger partial charge < -0.3 is 5.32 Å². The number of halogens is 1. The first kappa shape index (κ1) is 15.2. The Morgan fingerprint density at radius 3 is 2.52 bits per heavy atom. The monoisotopic (exact) mass is 282 g/mol. The van der Waals surface area contributed by atoms with E-state index >= 15 is 0 Å². The van der Waals surface area contributed by atoms with Crippen molar-refractivity contribution < 1.29 is 4.39 Å². The van der Waals surface area contributed by atoms with Crippen molar-refractivity contribution >= 4 is 0 Å². The molecule has 0 saturated carbocycles. The largest absolute Gasteiger partial charge is 0.312 e. The Bertz CT molecular complexity index is 642. The van der Waals surface area contributed by atoms with Gasteiger partial charge in [0.1, 0.15) is 5.82 Å². The molecule has 0 fully saturated rings. The lowest BCUT2D eigenvalue weighted by atomic mass is 9.84. The van der Waals surface area contributed by atoms with Crippen molar-refractivity contribution in [3.63, 3.8) is 0 Å². The molecule has 1 N–H and O–H groups in total. The molecule has 108 valence electrons. The zero-order chi connectivity index (χ0) is 15.3. The highest BCUT2D eigenvalue weighted by Gasteiger charge is 2.19. The third-order valence-corrected chi connectivity index (χ3v) is 3.63. The van der Waals surface area contributed by atoms with E-state index in [4.69, 9.17) is 5.26 Å². The minimum absolute atomic E-state index is 0.0264. The Morgan fingerprint density at radius 1 is 1.14 bits per heavy atom. The van der Waals surface area contributed by atoms with Crippen LogP contribution < -0.4 is 5.32 Å². The van der Waals surface area contributed by atoms with Crippen LogP contribution in [0.25, 0.3) is 0 Å². The van der Waals surface area contributed by atoms with Crippen LogP contribution in [0.1, 0.15) is 30.5 Å². The number of benzene rings is 2. The molecule has 0 spiro atoms. The first-order valence-corrected chi connectivity index (χ1v) is 6.98. The predicted octanol–water partition coefficient (Wildman–Crippen LogP) is 3.76. The van der Waals surface area contributed by atoms with Crippen LogP contribution in [-0.4, -0.2) is 6.54 Å². The van der Waals surface area contributed by atoms with Crippen LogP contribution in [0, 0.1) is 17.1 Å². The van der Waals surface area contributed by atoms with E-state index < -0.39 is 0 Å². The Morgan fingerprint density at radius 2 is 1.86 bits per heavy atom. The lowest BCUT2D eigenvalue weighted by molar-refractivity contribution is 0.468. The van der Waals surface area contributed by atoms with Gasteiger partial charge in [-0.3, -0.25) is 0 Å². The molecule has 0 saturated heterocycles. The van der Waals surface area contributed by atoms with E-state index in [-0.39, 0.29) is 11.2 Å². The van der Waals surface area contributed by atoms with Crippen LogP contribution in [0.2, 0.25) is 0 Å². The minimum atomic E-state index is -0.312. The summed E-state index contributed by atoms with van der Waals surface area (Å²) in [6.07, 6.45) is 0. The van der Waals surface area contributed by atoms with Crippen LogP contribution >= 0.6 is 0 Å². The lowest BCUT2D eigenvalue weighted by Crippen LogP contribution is -2.32. The fourth-order valence-electron chi connectivity index (χ4n) is 2.32. The van der Waals surface area contributed by atoms with Gasteiger partial charge in [0.05, 0.1) is 11.6 Å². The molecule has 0 aromatic heterocycles. The van der Waals surface area contributed by atoms with Gasteiger partial charge in [0.2, 0.25) is 0 Å². The predicted molar refractivity (Wildman–Crippen MR) is 82.3 cm³/mol. The summed E-state index contributed by atoms with van der Waals surface area (Å²) in [4.78, 5) is 0. The second-order valence-electron chi connectivity index (χ2n) is 5.77. The Labute approximate surface area is 125 Å². The van der Waals surface area contributed by atoms with E-state index in [0.29, 0.717) is 17.7 Å². The molecule has 0 unspecified atom stereocenters. The van der Waals surface area contributed by atoms with Gasteiger partial charge in [0, 0.05) is 18.5 Å². The summed E-state index contributed by atoms with van der Waals surface area (Å²) in [5.41, 5.74) is 2.43. The normalized spacial score (nSPS) is 11.1. The number of nitrogens with zero attached hydrogens (tertiary/aromatic N) is 1. The number of rotatable bonds is 5. The van der Waals surface area contributed by atoms with Gasteiger partial charge in [-0.25, -0.2) is 4.39 Å². The Balaban J connectivity index is 2.02. The van der Waals surface area contributed by atoms with E-state index in [1.807, 2.05) is 18.2 Å². The summed E-state index contributed by atoms with van der Waals surface area (Å²) >= 11 is 0. The number of hydrogen-bond acceptors (Lipinski definition) is 2. The van der Waals surface area contributed by atoms with Crippen molar-refractivity contribution in [1.82, 2.24) is 5.32 Å². The van der Waals surface area contributed by atoms with Crippen molar-refractivity contribution in [2.24, 2.45) is 0 Å². The van der Waals surface area contributed by atoms with Crippen molar-refractivity contribution in [2.45, 2.75) is 25.8 Å². The highest BCUT2D eigenvalue weighted by Crippen LogP contribution is 2.22. The molecule has 3 heteroatoms. The minimum Gasteiger partial charge on any atom is -0.312 e. The van der Waals surface area contributed by atoms with Gasteiger partial charge in [-0.2, -0.15) is 5.26 Å². The number of nitriles is 1. The molecule has 0 aliphatic heterocycles. The molecule has 0 bridgehead atoms. The highest BCUT2D eigenvalue weighted by molar-refractivity contribution is 5.37. The molecule has 2 aromatic carbocycles. The average molecular weight is 282 g/mol. The summed E-state index contributed by atoms with van der Waals surface area (Å²) in [6.45, 7) is 5.55. The van der Waals surface area contributed by atoms with E-state index in [9.17, 15) is 4.39 Å². The maximum Gasteiger partial charge on any atom is 0.123 e. The Kier molecular flexibility index (Phi) is 4.72. The van der Waals surface area contributed by atoms with Crippen molar-refractivity contribution in [3.8, 4) is 6.07 Å². The van der Waals surface area contributed by atoms with Crippen LogP contribution in [0.5, 0.6) is 0 Å². The first-order valence-electron chi connectivity index (χ1n) is 6.98. The zero-order valence-electron chi connectivity index (χ0n) is 12.4. The fourth-order valence-corrected chi connectivity index (χ4v) is 2.32. The second-order valence-corrected chi connectivity index (χ2v) is 5.77. The average Bonchev–Trinajstić information content (AvgIpc) is 2.48. The summed E-state index contributed by atoms with van der Waals surface area (Å²) in [5, 5.41) is 12.4. The number of nitrogens with one attached hydrogen (secondary N) is 1. The van der Waals surface area contributed by atoms with Crippen molar-refractivity contribution in [2.75, 3.05) is 6.54 Å². The van der Waals surface area contributed by atoms with E-state index in [2.05, 4.69) is 37.4 Å². The molecule has 21 heavy (non-hydrogen) atoms. The Hall–Kier alpha value is -2.18. The number of hydrogen-bond donors (Lipinski definition) is 1. The van der Waals surface area contributed by atoms with E-state index in [1.165, 1.54) is 23.8 Å². The quantitative estimate of drug-likeness (QED) is 0.906. The molecule has 0 amide bonds. The van der Waals surface area contributed by atoms with Crippen LogP contribution in [0.3, 0.4) is 0 Å². The topological polar surface area (TPSA) is 35.8 Å². The standard InChI is InChI=1S/C18H19FN2/c1-18(2,16-6-4-3-5-7-16)13-21-12-15-10-17(19)9-8-14(15)11-20/h3-10,21H,12-13H2,1-2H3. The molecule has 2 nitrogen and oxygen atoms in total. The molecular weight excluding hydrogens is 263 g/mol. The molecule has 0 radical (unpaired) electrons. The summed E-state index contributed by atoms with van der Waals surface area (Å²) in [7, 11) is 0. The summed E-state index contributed by atoms with van der Waals surface area (Å²) in [6, 6.07) is 16.6.